The van der Waals surface area contributed by atoms with Gasteiger partial charge in [0, 0.05) is 24.2 Å². The van der Waals surface area contributed by atoms with Crippen molar-refractivity contribution in [1.29, 1.82) is 0 Å². The van der Waals surface area contributed by atoms with Gasteiger partial charge in [-0.1, -0.05) is 63.2 Å². The fourth-order valence-electron chi connectivity index (χ4n) is 4.44. The minimum atomic E-state index is -3.67. The maximum Gasteiger partial charge on any atom is 0.240 e. The van der Waals surface area contributed by atoms with Crippen molar-refractivity contribution in [3.05, 3.63) is 83.2 Å². The summed E-state index contributed by atoms with van der Waals surface area (Å²) in [5, 5.41) is 7.65. The number of rotatable bonds is 8. The van der Waals surface area contributed by atoms with Crippen molar-refractivity contribution in [3.8, 4) is 0 Å². The Kier molecular flexibility index (Phi) is 7.42. The fraction of sp³-hybridized carbons (Fsp3) is 0.407. The molecular formula is C27H34N4O3S. The number of benzene rings is 2. The third kappa shape index (κ3) is 6.18. The molecule has 1 aliphatic carbocycles. The zero-order valence-electron chi connectivity index (χ0n) is 20.6. The summed E-state index contributed by atoms with van der Waals surface area (Å²) in [4.78, 5) is 12.8. The molecular weight excluding hydrogens is 460 g/mol. The molecule has 0 fully saturated rings. The molecule has 1 atom stereocenters. The molecule has 2 aromatic carbocycles. The van der Waals surface area contributed by atoms with E-state index >= 15 is 0 Å². The second-order valence-corrected chi connectivity index (χ2v) is 11.9. The standard InChI is InChI=1S/C27H34N4O3S/c1-27(2,3)21-12-14-22(15-13-21)35(33,34)29-17-16-26(32)30-24-10-7-11-25-23(24)18-28-31(25)19-20-8-5-4-6-9-20/h4-6,8-9,12-15,18,24,29H,7,10-11,16-17,19H2,1-3H3,(H,30,32). The van der Waals surface area contributed by atoms with Crippen LogP contribution >= 0.6 is 0 Å². The van der Waals surface area contributed by atoms with Gasteiger partial charge in [-0.25, -0.2) is 13.1 Å². The molecule has 0 saturated carbocycles. The Morgan fingerprint density at radius 1 is 1.09 bits per heavy atom. The average molecular weight is 495 g/mol. The Morgan fingerprint density at radius 2 is 1.80 bits per heavy atom. The SMILES string of the molecule is CC(C)(C)c1ccc(S(=O)(=O)NCCC(=O)NC2CCCc3c2cnn3Cc2ccccc2)cc1. The average Bonchev–Trinajstić information content (AvgIpc) is 3.23. The zero-order valence-corrected chi connectivity index (χ0v) is 21.4. The van der Waals surface area contributed by atoms with Gasteiger partial charge in [0.15, 0.2) is 0 Å². The van der Waals surface area contributed by atoms with E-state index in [1.165, 1.54) is 5.56 Å². The second-order valence-electron chi connectivity index (χ2n) is 10.1. The van der Waals surface area contributed by atoms with Crippen LogP contribution in [-0.4, -0.2) is 30.7 Å². The highest BCUT2D eigenvalue weighted by atomic mass is 32.2. The van der Waals surface area contributed by atoms with Gasteiger partial charge in [0.2, 0.25) is 15.9 Å². The molecule has 0 saturated heterocycles. The highest BCUT2D eigenvalue weighted by Crippen LogP contribution is 2.30. The van der Waals surface area contributed by atoms with Gasteiger partial charge < -0.3 is 5.32 Å². The van der Waals surface area contributed by atoms with E-state index in [2.05, 4.69) is 48.0 Å². The van der Waals surface area contributed by atoms with Gasteiger partial charge in [0.25, 0.3) is 0 Å². The van der Waals surface area contributed by atoms with E-state index in [0.29, 0.717) is 6.54 Å². The van der Waals surface area contributed by atoms with E-state index in [4.69, 9.17) is 0 Å². The van der Waals surface area contributed by atoms with Crippen molar-refractivity contribution in [3.63, 3.8) is 0 Å². The van der Waals surface area contributed by atoms with Gasteiger partial charge in [-0.15, -0.1) is 0 Å². The predicted octanol–water partition coefficient (Wildman–Crippen LogP) is 4.09. The topological polar surface area (TPSA) is 93.1 Å². The maximum absolute atomic E-state index is 12.6. The Hall–Kier alpha value is -2.97. The van der Waals surface area contributed by atoms with Crippen LogP contribution in [0.4, 0.5) is 0 Å². The van der Waals surface area contributed by atoms with Crippen molar-refractivity contribution in [1.82, 2.24) is 19.8 Å². The molecule has 2 N–H and O–H groups in total. The first kappa shape index (κ1) is 25.1. The first-order valence-corrected chi connectivity index (χ1v) is 13.6. The van der Waals surface area contributed by atoms with E-state index in [1.54, 1.807) is 12.1 Å². The van der Waals surface area contributed by atoms with Crippen LogP contribution in [0.25, 0.3) is 0 Å². The highest BCUT2D eigenvalue weighted by molar-refractivity contribution is 7.89. The molecule has 1 unspecified atom stereocenters. The molecule has 1 heterocycles. The van der Waals surface area contributed by atoms with Crippen LogP contribution in [0.1, 0.15) is 68.5 Å². The second kappa shape index (κ2) is 10.3. The zero-order chi connectivity index (χ0) is 25.1. The van der Waals surface area contributed by atoms with Crippen LogP contribution in [0.2, 0.25) is 0 Å². The minimum absolute atomic E-state index is 0.0437. The van der Waals surface area contributed by atoms with Gasteiger partial charge in [0.1, 0.15) is 0 Å². The van der Waals surface area contributed by atoms with Crippen molar-refractivity contribution >= 4 is 15.9 Å². The molecule has 4 rings (SSSR count). The molecule has 186 valence electrons. The normalized spacial score (nSPS) is 16.0. The fourth-order valence-corrected chi connectivity index (χ4v) is 5.48. The summed E-state index contributed by atoms with van der Waals surface area (Å²) in [6, 6.07) is 17.0. The van der Waals surface area contributed by atoms with E-state index in [9.17, 15) is 13.2 Å². The first-order valence-electron chi connectivity index (χ1n) is 12.1. The number of hydrogen-bond acceptors (Lipinski definition) is 4. The van der Waals surface area contributed by atoms with Crippen LogP contribution in [-0.2, 0) is 33.2 Å². The predicted molar refractivity (Wildman–Crippen MR) is 137 cm³/mol. The molecule has 35 heavy (non-hydrogen) atoms. The van der Waals surface area contributed by atoms with Gasteiger partial charge >= 0.3 is 0 Å². The monoisotopic (exact) mass is 494 g/mol. The molecule has 0 aliphatic heterocycles. The molecule has 0 spiro atoms. The van der Waals surface area contributed by atoms with E-state index in [-0.39, 0.29) is 35.2 Å². The van der Waals surface area contributed by atoms with Crippen molar-refractivity contribution in [2.24, 2.45) is 0 Å². The lowest BCUT2D eigenvalue weighted by molar-refractivity contribution is -0.121. The van der Waals surface area contributed by atoms with Gasteiger partial charge in [0.05, 0.1) is 23.7 Å². The number of hydrogen-bond donors (Lipinski definition) is 2. The molecule has 1 aromatic heterocycles. The Morgan fingerprint density at radius 3 is 2.49 bits per heavy atom. The molecule has 0 radical (unpaired) electrons. The van der Waals surface area contributed by atoms with Crippen LogP contribution in [0, 0.1) is 0 Å². The number of nitrogens with zero attached hydrogens (tertiary/aromatic N) is 2. The summed E-state index contributed by atoms with van der Waals surface area (Å²) in [7, 11) is -3.67. The van der Waals surface area contributed by atoms with Crippen molar-refractivity contribution in [2.75, 3.05) is 6.54 Å². The van der Waals surface area contributed by atoms with Gasteiger partial charge in [-0.05, 0) is 47.9 Å². The lowest BCUT2D eigenvalue weighted by Gasteiger charge is -2.24. The van der Waals surface area contributed by atoms with Gasteiger partial charge in [-0.2, -0.15) is 5.10 Å². The molecule has 0 bridgehead atoms. The number of carbonyl (C=O) groups is 1. The summed E-state index contributed by atoms with van der Waals surface area (Å²) >= 11 is 0. The Bertz CT molecular complexity index is 1260. The third-order valence-electron chi connectivity index (χ3n) is 6.45. The highest BCUT2D eigenvalue weighted by Gasteiger charge is 2.26. The lowest BCUT2D eigenvalue weighted by Crippen LogP contribution is -2.34. The Balaban J connectivity index is 1.32. The third-order valence-corrected chi connectivity index (χ3v) is 7.92. The van der Waals surface area contributed by atoms with Crippen LogP contribution in [0.5, 0.6) is 0 Å². The number of amides is 1. The molecule has 1 amide bonds. The smallest absolute Gasteiger partial charge is 0.240 e. The summed E-state index contributed by atoms with van der Waals surface area (Å²) in [6.07, 6.45) is 4.68. The summed E-state index contributed by atoms with van der Waals surface area (Å²) in [5.41, 5.74) is 4.41. The number of carbonyl (C=O) groups excluding carboxylic acids is 1. The van der Waals surface area contributed by atoms with Crippen molar-refractivity contribution < 1.29 is 13.2 Å². The molecule has 7 nitrogen and oxygen atoms in total. The number of nitrogens with one attached hydrogen (secondary N) is 2. The molecule has 3 aromatic rings. The maximum atomic E-state index is 12.6. The van der Waals surface area contributed by atoms with Crippen LogP contribution in [0.15, 0.2) is 65.7 Å². The number of sulfonamides is 1. The Labute approximate surface area is 208 Å². The first-order chi connectivity index (χ1) is 16.6. The lowest BCUT2D eigenvalue weighted by atomic mass is 9.87. The van der Waals surface area contributed by atoms with Crippen LogP contribution < -0.4 is 10.0 Å². The minimum Gasteiger partial charge on any atom is -0.349 e. The van der Waals surface area contributed by atoms with E-state index in [1.807, 2.05) is 41.2 Å². The quantitative estimate of drug-likeness (QED) is 0.493. The molecule has 8 heteroatoms. The summed E-state index contributed by atoms with van der Waals surface area (Å²) < 4.78 is 29.8. The number of aromatic nitrogens is 2. The summed E-state index contributed by atoms with van der Waals surface area (Å²) in [6.45, 7) is 6.99. The number of fused-ring (bicyclic) bond motifs is 1. The summed E-state index contributed by atoms with van der Waals surface area (Å²) in [5.74, 6) is -0.176. The van der Waals surface area contributed by atoms with Crippen molar-refractivity contribution in [2.45, 2.75) is 69.4 Å². The van der Waals surface area contributed by atoms with Crippen LogP contribution in [0.3, 0.4) is 0 Å². The molecule has 1 aliphatic rings. The largest absolute Gasteiger partial charge is 0.349 e. The van der Waals surface area contributed by atoms with E-state index in [0.717, 1.165) is 36.1 Å². The van der Waals surface area contributed by atoms with Gasteiger partial charge in [-0.3, -0.25) is 9.48 Å². The van der Waals surface area contributed by atoms with E-state index < -0.39 is 10.0 Å².